The molecule has 0 radical (unpaired) electrons. The third-order valence-corrected chi connectivity index (χ3v) is 3.02. The van der Waals surface area contributed by atoms with Gasteiger partial charge in [0.25, 0.3) is 5.91 Å². The molecule has 1 unspecified atom stereocenters. The Labute approximate surface area is 107 Å². The predicted octanol–water partition coefficient (Wildman–Crippen LogP) is 1.13. The number of hydrogen-bond donors (Lipinski definition) is 2. The highest BCUT2D eigenvalue weighted by atomic mass is 16.5. The van der Waals surface area contributed by atoms with E-state index in [1.165, 1.54) is 0 Å². The van der Waals surface area contributed by atoms with Crippen LogP contribution in [0.4, 0.5) is 5.82 Å². The van der Waals surface area contributed by atoms with Crippen LogP contribution < -0.4 is 11.1 Å². The average molecular weight is 249 g/mol. The number of aryl methyl sites for hydroxylation is 1. The van der Waals surface area contributed by atoms with Gasteiger partial charge in [-0.2, -0.15) is 0 Å². The molecular formula is C13H19N3O2. The van der Waals surface area contributed by atoms with E-state index < -0.39 is 0 Å². The van der Waals surface area contributed by atoms with E-state index in [1.54, 1.807) is 12.1 Å². The zero-order chi connectivity index (χ0) is 13.0. The fraction of sp³-hybridized carbons (Fsp3) is 0.538. The number of anilines is 1. The molecule has 1 aliphatic heterocycles. The van der Waals surface area contributed by atoms with E-state index in [9.17, 15) is 4.79 Å². The second-order valence-corrected chi connectivity index (χ2v) is 4.51. The maximum Gasteiger partial charge on any atom is 0.251 e. The first-order valence-electron chi connectivity index (χ1n) is 6.34. The quantitative estimate of drug-likeness (QED) is 0.842. The summed E-state index contributed by atoms with van der Waals surface area (Å²) < 4.78 is 5.34. The fourth-order valence-corrected chi connectivity index (χ4v) is 2.05. The summed E-state index contributed by atoms with van der Waals surface area (Å²) in [5, 5.41) is 2.97. The van der Waals surface area contributed by atoms with E-state index in [2.05, 4.69) is 10.3 Å². The van der Waals surface area contributed by atoms with E-state index in [0.717, 1.165) is 31.6 Å². The standard InChI is InChI=1S/C13H19N3O2/c1-2-10-6-9(7-12(14)15-10)13(17)16-11-4-3-5-18-8-11/h6-7,11H,2-5,8H2,1H3,(H2,14,15)(H,16,17). The molecule has 0 bridgehead atoms. The van der Waals surface area contributed by atoms with E-state index in [-0.39, 0.29) is 11.9 Å². The zero-order valence-corrected chi connectivity index (χ0v) is 10.6. The van der Waals surface area contributed by atoms with Crippen LogP contribution in [0.3, 0.4) is 0 Å². The molecule has 1 aromatic rings. The van der Waals surface area contributed by atoms with Crippen LogP contribution in [-0.4, -0.2) is 30.1 Å². The lowest BCUT2D eigenvalue weighted by Gasteiger charge is -2.23. The minimum atomic E-state index is -0.102. The van der Waals surface area contributed by atoms with Gasteiger partial charge in [-0.15, -0.1) is 0 Å². The number of nitrogen functional groups attached to an aromatic ring is 1. The van der Waals surface area contributed by atoms with Crippen molar-refractivity contribution in [2.24, 2.45) is 0 Å². The van der Waals surface area contributed by atoms with Crippen molar-refractivity contribution in [1.29, 1.82) is 0 Å². The van der Waals surface area contributed by atoms with Crippen LogP contribution in [0.15, 0.2) is 12.1 Å². The lowest BCUT2D eigenvalue weighted by atomic mass is 10.1. The average Bonchev–Trinajstić information content (AvgIpc) is 2.39. The largest absolute Gasteiger partial charge is 0.384 e. The minimum Gasteiger partial charge on any atom is -0.384 e. The van der Waals surface area contributed by atoms with Gasteiger partial charge in [-0.3, -0.25) is 4.79 Å². The Hall–Kier alpha value is -1.62. The Kier molecular flexibility index (Phi) is 4.15. The smallest absolute Gasteiger partial charge is 0.251 e. The molecule has 5 heteroatoms. The van der Waals surface area contributed by atoms with E-state index >= 15 is 0 Å². The van der Waals surface area contributed by atoms with Crippen LogP contribution in [0.2, 0.25) is 0 Å². The highest BCUT2D eigenvalue weighted by molar-refractivity contribution is 5.95. The molecule has 98 valence electrons. The number of rotatable bonds is 3. The first-order valence-corrected chi connectivity index (χ1v) is 6.34. The van der Waals surface area contributed by atoms with Crippen LogP contribution >= 0.6 is 0 Å². The van der Waals surface area contributed by atoms with Crippen LogP contribution in [0.25, 0.3) is 0 Å². The van der Waals surface area contributed by atoms with Gasteiger partial charge in [0, 0.05) is 17.9 Å². The minimum absolute atomic E-state index is 0.102. The Morgan fingerprint density at radius 1 is 1.61 bits per heavy atom. The predicted molar refractivity (Wildman–Crippen MR) is 69.3 cm³/mol. The number of pyridine rings is 1. The third kappa shape index (κ3) is 3.20. The Bertz CT molecular complexity index is 428. The molecule has 0 aromatic carbocycles. The second kappa shape index (κ2) is 5.82. The van der Waals surface area contributed by atoms with E-state index in [4.69, 9.17) is 10.5 Å². The summed E-state index contributed by atoms with van der Waals surface area (Å²) in [5.41, 5.74) is 7.10. The number of carbonyl (C=O) groups excluding carboxylic acids is 1. The van der Waals surface area contributed by atoms with Gasteiger partial charge in [0.15, 0.2) is 0 Å². The summed E-state index contributed by atoms with van der Waals surface area (Å²) in [6, 6.07) is 3.50. The van der Waals surface area contributed by atoms with Crippen molar-refractivity contribution in [3.05, 3.63) is 23.4 Å². The zero-order valence-electron chi connectivity index (χ0n) is 10.6. The van der Waals surface area contributed by atoms with Crippen molar-refractivity contribution >= 4 is 11.7 Å². The molecule has 0 saturated carbocycles. The van der Waals surface area contributed by atoms with Crippen molar-refractivity contribution in [3.63, 3.8) is 0 Å². The Balaban J connectivity index is 2.05. The van der Waals surface area contributed by atoms with Gasteiger partial charge in [0.2, 0.25) is 0 Å². The first kappa shape index (κ1) is 12.8. The molecular weight excluding hydrogens is 230 g/mol. The molecule has 0 spiro atoms. The molecule has 0 aliphatic carbocycles. The second-order valence-electron chi connectivity index (χ2n) is 4.51. The molecule has 5 nitrogen and oxygen atoms in total. The summed E-state index contributed by atoms with van der Waals surface area (Å²) in [4.78, 5) is 16.2. The molecule has 18 heavy (non-hydrogen) atoms. The first-order chi connectivity index (χ1) is 8.69. The van der Waals surface area contributed by atoms with Gasteiger partial charge >= 0.3 is 0 Å². The van der Waals surface area contributed by atoms with Crippen molar-refractivity contribution in [3.8, 4) is 0 Å². The molecule has 1 atom stereocenters. The summed E-state index contributed by atoms with van der Waals surface area (Å²) in [5.74, 6) is 0.286. The van der Waals surface area contributed by atoms with E-state index in [1.807, 2.05) is 6.92 Å². The van der Waals surface area contributed by atoms with Gasteiger partial charge in [-0.05, 0) is 31.4 Å². The maximum atomic E-state index is 12.1. The normalized spacial score (nSPS) is 19.5. The highest BCUT2D eigenvalue weighted by Crippen LogP contribution is 2.11. The van der Waals surface area contributed by atoms with Crippen molar-refractivity contribution in [2.75, 3.05) is 18.9 Å². The van der Waals surface area contributed by atoms with Crippen LogP contribution in [0.5, 0.6) is 0 Å². The van der Waals surface area contributed by atoms with Crippen LogP contribution in [0.1, 0.15) is 35.8 Å². The molecule has 3 N–H and O–H groups in total. The lowest BCUT2D eigenvalue weighted by Crippen LogP contribution is -2.40. The molecule has 1 fully saturated rings. The molecule has 1 saturated heterocycles. The lowest BCUT2D eigenvalue weighted by molar-refractivity contribution is 0.0624. The number of carbonyl (C=O) groups is 1. The molecule has 1 aromatic heterocycles. The number of aromatic nitrogens is 1. The number of nitrogens with two attached hydrogens (primary N) is 1. The summed E-state index contributed by atoms with van der Waals surface area (Å²) >= 11 is 0. The van der Waals surface area contributed by atoms with Crippen molar-refractivity contribution in [1.82, 2.24) is 10.3 Å². The summed E-state index contributed by atoms with van der Waals surface area (Å²) in [6.45, 7) is 3.36. The summed E-state index contributed by atoms with van der Waals surface area (Å²) in [6.07, 6.45) is 2.72. The van der Waals surface area contributed by atoms with Gasteiger partial charge in [-0.1, -0.05) is 6.92 Å². The SMILES string of the molecule is CCc1cc(C(=O)NC2CCCOC2)cc(N)n1. The molecule has 1 aliphatic rings. The molecule has 2 rings (SSSR count). The van der Waals surface area contributed by atoms with Gasteiger partial charge in [-0.25, -0.2) is 4.98 Å². The number of amides is 1. The highest BCUT2D eigenvalue weighted by Gasteiger charge is 2.17. The monoisotopic (exact) mass is 249 g/mol. The topological polar surface area (TPSA) is 77.2 Å². The van der Waals surface area contributed by atoms with Gasteiger partial charge in [0.1, 0.15) is 5.82 Å². The number of nitrogens with one attached hydrogen (secondary N) is 1. The fourth-order valence-electron chi connectivity index (χ4n) is 2.05. The third-order valence-electron chi connectivity index (χ3n) is 3.02. The molecule has 2 heterocycles. The molecule has 1 amide bonds. The van der Waals surface area contributed by atoms with Crippen LogP contribution in [-0.2, 0) is 11.2 Å². The maximum absolute atomic E-state index is 12.1. The van der Waals surface area contributed by atoms with Crippen LogP contribution in [0, 0.1) is 0 Å². The van der Waals surface area contributed by atoms with E-state index in [0.29, 0.717) is 18.0 Å². The Morgan fingerprint density at radius 2 is 2.44 bits per heavy atom. The van der Waals surface area contributed by atoms with Crippen molar-refractivity contribution in [2.45, 2.75) is 32.2 Å². The van der Waals surface area contributed by atoms with Gasteiger partial charge < -0.3 is 15.8 Å². The Morgan fingerprint density at radius 3 is 3.11 bits per heavy atom. The van der Waals surface area contributed by atoms with Crippen molar-refractivity contribution < 1.29 is 9.53 Å². The number of hydrogen-bond acceptors (Lipinski definition) is 4. The summed E-state index contributed by atoms with van der Waals surface area (Å²) in [7, 11) is 0. The number of nitrogens with zero attached hydrogens (tertiary/aromatic N) is 1. The number of ether oxygens (including phenoxy) is 1. The van der Waals surface area contributed by atoms with Gasteiger partial charge in [0.05, 0.1) is 12.6 Å².